The largest absolute Gasteiger partial charge is 0.512 e. The highest BCUT2D eigenvalue weighted by Crippen LogP contribution is 2.21. The van der Waals surface area contributed by atoms with Crippen LogP contribution in [0.5, 0.6) is 0 Å². The maximum absolute atomic E-state index is 9.94. The molecule has 0 aliphatic carbocycles. The Bertz CT molecular complexity index is 933. The second-order valence-electron chi connectivity index (χ2n) is 8.72. The summed E-state index contributed by atoms with van der Waals surface area (Å²) in [6.07, 6.45) is 10.4. The Morgan fingerprint density at radius 2 is 1.72 bits per heavy atom. The predicted molar refractivity (Wildman–Crippen MR) is 162 cm³/mol. The Kier molecular flexibility index (Phi) is 19.1. The van der Waals surface area contributed by atoms with Crippen molar-refractivity contribution in [3.63, 3.8) is 0 Å². The Balaban J connectivity index is 0.000000784. The minimum absolute atomic E-state index is 0.0931. The van der Waals surface area contributed by atoms with Crippen molar-refractivity contribution in [2.75, 3.05) is 0 Å². The molecule has 0 saturated heterocycles. The number of thiophene rings is 1. The summed E-state index contributed by atoms with van der Waals surface area (Å²) in [5.74, 6) is 0.561. The summed E-state index contributed by atoms with van der Waals surface area (Å²) in [6, 6.07) is 12.9. The van der Waals surface area contributed by atoms with Crippen LogP contribution in [-0.4, -0.2) is 15.9 Å². The molecule has 0 spiro atoms. The van der Waals surface area contributed by atoms with E-state index in [9.17, 15) is 5.11 Å². The summed E-state index contributed by atoms with van der Waals surface area (Å²) in [5.41, 5.74) is 5.70. The third-order valence-electron chi connectivity index (χ3n) is 5.56. The molecule has 0 unspecified atom stereocenters. The molecule has 1 aromatic carbocycles. The first-order chi connectivity index (χ1) is 17.3. The molecular formula is C32H49NO2S. The zero-order valence-electron chi connectivity index (χ0n) is 23.8. The first kappa shape index (κ1) is 33.4. The van der Waals surface area contributed by atoms with Crippen LogP contribution in [0.25, 0.3) is 0 Å². The number of nitrogens with zero attached hydrogens (tertiary/aromatic N) is 1. The lowest BCUT2D eigenvalue weighted by Crippen LogP contribution is -1.95. The minimum atomic E-state index is -0.0931. The molecular weight excluding hydrogens is 462 g/mol. The molecule has 0 aliphatic heterocycles. The number of unbranched alkanes of at least 4 members (excludes halogenated alkanes) is 1. The molecule has 0 amide bonds. The molecule has 0 saturated carbocycles. The third kappa shape index (κ3) is 14.1. The van der Waals surface area contributed by atoms with Crippen LogP contribution >= 0.6 is 11.3 Å². The van der Waals surface area contributed by atoms with Gasteiger partial charge in [-0.15, -0.1) is 11.3 Å². The molecule has 0 radical (unpaired) electrons. The van der Waals surface area contributed by atoms with E-state index >= 15 is 0 Å². The molecule has 0 bridgehead atoms. The van der Waals surface area contributed by atoms with Crippen LogP contribution in [0.15, 0.2) is 82.2 Å². The van der Waals surface area contributed by atoms with Gasteiger partial charge in [-0.3, -0.25) is 4.99 Å². The van der Waals surface area contributed by atoms with Crippen molar-refractivity contribution in [2.24, 2.45) is 4.99 Å². The molecule has 200 valence electrons. The van der Waals surface area contributed by atoms with Gasteiger partial charge in [-0.05, 0) is 66.7 Å². The fourth-order valence-corrected chi connectivity index (χ4v) is 3.91. The van der Waals surface area contributed by atoms with E-state index in [1.54, 1.807) is 11.3 Å². The van der Waals surface area contributed by atoms with E-state index in [0.717, 1.165) is 54.5 Å². The number of aliphatic hydroxyl groups is 2. The minimum Gasteiger partial charge on any atom is -0.512 e. The van der Waals surface area contributed by atoms with Gasteiger partial charge in [0.1, 0.15) is 6.26 Å². The summed E-state index contributed by atoms with van der Waals surface area (Å²) in [5, 5.41) is 21.1. The van der Waals surface area contributed by atoms with E-state index in [2.05, 4.69) is 63.9 Å². The Labute approximate surface area is 225 Å². The number of allylic oxidation sites excluding steroid dienone is 3. The van der Waals surface area contributed by atoms with Gasteiger partial charge in [0.25, 0.3) is 0 Å². The molecule has 4 heteroatoms. The normalized spacial score (nSPS) is 12.6. The number of benzene rings is 1. The lowest BCUT2D eigenvalue weighted by molar-refractivity contribution is 0.369. The monoisotopic (exact) mass is 511 g/mol. The van der Waals surface area contributed by atoms with Gasteiger partial charge in [0.2, 0.25) is 0 Å². The van der Waals surface area contributed by atoms with E-state index < -0.39 is 0 Å². The van der Waals surface area contributed by atoms with Crippen LogP contribution in [0.1, 0.15) is 103 Å². The van der Waals surface area contributed by atoms with E-state index in [1.165, 1.54) is 11.1 Å². The summed E-state index contributed by atoms with van der Waals surface area (Å²) in [4.78, 5) is 5.66. The van der Waals surface area contributed by atoms with Crippen LogP contribution in [0.4, 0.5) is 0 Å². The van der Waals surface area contributed by atoms with Gasteiger partial charge in [-0.1, -0.05) is 91.3 Å². The number of hydrogen-bond acceptors (Lipinski definition) is 4. The summed E-state index contributed by atoms with van der Waals surface area (Å²) >= 11 is 1.63. The summed E-state index contributed by atoms with van der Waals surface area (Å²) in [6.45, 7) is 16.9. The molecule has 3 nitrogen and oxygen atoms in total. The maximum atomic E-state index is 9.94. The highest BCUT2D eigenvalue weighted by molar-refractivity contribution is 7.09. The molecule has 0 fully saturated rings. The van der Waals surface area contributed by atoms with Crippen molar-refractivity contribution in [1.29, 1.82) is 0 Å². The van der Waals surface area contributed by atoms with E-state index in [-0.39, 0.29) is 5.76 Å². The van der Waals surface area contributed by atoms with Crippen molar-refractivity contribution in [3.8, 4) is 0 Å². The van der Waals surface area contributed by atoms with Gasteiger partial charge >= 0.3 is 0 Å². The first-order valence-corrected chi connectivity index (χ1v) is 14.3. The number of hydrogen-bond donors (Lipinski definition) is 2. The third-order valence-corrected chi connectivity index (χ3v) is 6.44. The maximum Gasteiger partial charge on any atom is 0.153 e. The van der Waals surface area contributed by atoms with Gasteiger partial charge in [0.05, 0.1) is 0 Å². The fourth-order valence-electron chi connectivity index (χ4n) is 3.18. The Morgan fingerprint density at radius 1 is 1.06 bits per heavy atom. The molecule has 36 heavy (non-hydrogen) atoms. The van der Waals surface area contributed by atoms with Gasteiger partial charge in [0, 0.05) is 28.8 Å². The van der Waals surface area contributed by atoms with E-state index in [1.807, 2.05) is 50.6 Å². The van der Waals surface area contributed by atoms with Gasteiger partial charge < -0.3 is 10.2 Å². The lowest BCUT2D eigenvalue weighted by Gasteiger charge is -2.06. The standard InChI is InChI=1S/C19H27NO2S.C11H16.C2H6/c1-4-6-8-15(3)20-13-16(5-2)11-17(19(22)14-21)12-18-9-7-10-23-18;1-4-10-5-7-11(8-6-10)9(2)3;1-2/h7,9-11,13-14,21-22H,4-6,8,12H2,1-3H3;5-9H,4H2,1-3H3;1-2H3/b16-13+,17-11+,19-14?,20-15?;;. The van der Waals surface area contributed by atoms with Crippen molar-refractivity contribution >= 4 is 17.0 Å². The lowest BCUT2D eigenvalue weighted by atomic mass is 10.0. The van der Waals surface area contributed by atoms with Gasteiger partial charge in [0.15, 0.2) is 5.76 Å². The summed E-state index contributed by atoms with van der Waals surface area (Å²) < 4.78 is 0. The van der Waals surface area contributed by atoms with Crippen LogP contribution in [0.3, 0.4) is 0 Å². The van der Waals surface area contributed by atoms with Crippen LogP contribution in [0, 0.1) is 0 Å². The first-order valence-electron chi connectivity index (χ1n) is 13.4. The van der Waals surface area contributed by atoms with Gasteiger partial charge in [-0.2, -0.15) is 0 Å². The SMILES string of the molecule is CC.CCCCC(C)=N/C=C(/C=C(\Cc1cccs1)C(O)=CO)CC.CCc1ccc(C(C)C)cc1. The number of aryl methyl sites for hydroxylation is 1. The van der Waals surface area contributed by atoms with Crippen LogP contribution in [-0.2, 0) is 12.8 Å². The van der Waals surface area contributed by atoms with Crippen molar-refractivity contribution in [1.82, 2.24) is 0 Å². The average molecular weight is 512 g/mol. The molecule has 2 aromatic rings. The molecule has 2 N–H and O–H groups in total. The van der Waals surface area contributed by atoms with Gasteiger partial charge in [-0.25, -0.2) is 0 Å². The fraction of sp³-hybridized carbons (Fsp3) is 0.469. The highest BCUT2D eigenvalue weighted by atomic mass is 32.1. The van der Waals surface area contributed by atoms with Crippen molar-refractivity contribution < 1.29 is 10.2 Å². The Morgan fingerprint density at radius 3 is 2.19 bits per heavy atom. The highest BCUT2D eigenvalue weighted by Gasteiger charge is 2.07. The van der Waals surface area contributed by atoms with Crippen LogP contribution < -0.4 is 0 Å². The second kappa shape index (κ2) is 20.6. The predicted octanol–water partition coefficient (Wildman–Crippen LogP) is 10.5. The van der Waals surface area contributed by atoms with Crippen LogP contribution in [0.2, 0.25) is 0 Å². The molecule has 0 atom stereocenters. The van der Waals surface area contributed by atoms with Crippen molar-refractivity contribution in [3.05, 3.63) is 93.2 Å². The Hall–Kier alpha value is -2.59. The molecule has 1 aromatic heterocycles. The quantitative estimate of drug-likeness (QED) is 0.179. The zero-order chi connectivity index (χ0) is 27.3. The smallest absolute Gasteiger partial charge is 0.153 e. The van der Waals surface area contributed by atoms with E-state index in [0.29, 0.717) is 17.9 Å². The average Bonchev–Trinajstić information content (AvgIpc) is 3.43. The number of aliphatic imine (C=N–C) groups is 1. The molecule has 0 aliphatic rings. The number of rotatable bonds is 11. The van der Waals surface area contributed by atoms with E-state index in [4.69, 9.17) is 5.11 Å². The molecule has 1 heterocycles. The summed E-state index contributed by atoms with van der Waals surface area (Å²) in [7, 11) is 0. The molecule has 2 rings (SSSR count). The van der Waals surface area contributed by atoms with Crippen molar-refractivity contribution in [2.45, 2.75) is 99.8 Å². The number of aliphatic hydroxyl groups excluding tert-OH is 2. The zero-order valence-corrected chi connectivity index (χ0v) is 24.7. The topological polar surface area (TPSA) is 52.8 Å². The second-order valence-corrected chi connectivity index (χ2v) is 9.75.